The van der Waals surface area contributed by atoms with Gasteiger partial charge in [-0.25, -0.2) is 0 Å². The Hall–Kier alpha value is -1.93. The van der Waals surface area contributed by atoms with Crippen molar-refractivity contribution in [3.05, 3.63) is 29.6 Å². The summed E-state index contributed by atoms with van der Waals surface area (Å²) in [5, 5.41) is 17.1. The SMILES string of the molecule is N#Cc1cncc(C[C@H](N)C(=O)O)c1. The lowest BCUT2D eigenvalue weighted by molar-refractivity contribution is -0.138. The highest BCUT2D eigenvalue weighted by Gasteiger charge is 2.12. The molecule has 3 N–H and O–H groups in total. The van der Waals surface area contributed by atoms with Crippen LogP contribution in [0.25, 0.3) is 0 Å². The number of nitriles is 1. The summed E-state index contributed by atoms with van der Waals surface area (Å²) in [6, 6.07) is 2.55. The number of hydrogen-bond acceptors (Lipinski definition) is 4. The highest BCUT2D eigenvalue weighted by molar-refractivity contribution is 5.73. The van der Waals surface area contributed by atoms with Gasteiger partial charge in [0.15, 0.2) is 0 Å². The van der Waals surface area contributed by atoms with E-state index in [1.54, 1.807) is 6.07 Å². The van der Waals surface area contributed by atoms with Gasteiger partial charge in [0.05, 0.1) is 5.56 Å². The van der Waals surface area contributed by atoms with Gasteiger partial charge in [0, 0.05) is 12.4 Å². The van der Waals surface area contributed by atoms with E-state index in [9.17, 15) is 4.79 Å². The summed E-state index contributed by atoms with van der Waals surface area (Å²) >= 11 is 0. The summed E-state index contributed by atoms with van der Waals surface area (Å²) in [5.41, 5.74) is 6.38. The van der Waals surface area contributed by atoms with Crippen LogP contribution in [0.4, 0.5) is 0 Å². The molecule has 72 valence electrons. The molecular formula is C9H9N3O2. The molecule has 0 radical (unpaired) electrons. The largest absolute Gasteiger partial charge is 0.480 e. The highest BCUT2D eigenvalue weighted by Crippen LogP contribution is 2.03. The molecule has 0 aliphatic rings. The maximum absolute atomic E-state index is 10.4. The van der Waals surface area contributed by atoms with E-state index in [1.807, 2.05) is 6.07 Å². The molecule has 0 aromatic carbocycles. The topological polar surface area (TPSA) is 100 Å². The first-order chi connectivity index (χ1) is 6.63. The van der Waals surface area contributed by atoms with E-state index in [4.69, 9.17) is 16.1 Å². The molecule has 0 aliphatic carbocycles. The van der Waals surface area contributed by atoms with Crippen LogP contribution in [0.15, 0.2) is 18.5 Å². The molecule has 1 atom stereocenters. The van der Waals surface area contributed by atoms with Gasteiger partial charge < -0.3 is 10.8 Å². The minimum atomic E-state index is -1.06. The van der Waals surface area contributed by atoms with Gasteiger partial charge in [0.1, 0.15) is 12.1 Å². The first kappa shape index (κ1) is 10.2. The monoisotopic (exact) mass is 191 g/mol. The van der Waals surface area contributed by atoms with Gasteiger partial charge in [-0.15, -0.1) is 0 Å². The molecule has 0 spiro atoms. The number of carboxylic acids is 1. The third kappa shape index (κ3) is 2.54. The van der Waals surface area contributed by atoms with E-state index < -0.39 is 12.0 Å². The first-order valence-corrected chi connectivity index (χ1v) is 3.96. The van der Waals surface area contributed by atoms with Crippen LogP contribution in [-0.4, -0.2) is 22.1 Å². The van der Waals surface area contributed by atoms with Crippen LogP contribution < -0.4 is 5.73 Å². The molecule has 5 nitrogen and oxygen atoms in total. The van der Waals surface area contributed by atoms with Crippen LogP contribution in [0.3, 0.4) is 0 Å². The van der Waals surface area contributed by atoms with Crippen molar-refractivity contribution >= 4 is 5.97 Å². The fraction of sp³-hybridized carbons (Fsp3) is 0.222. The molecule has 0 amide bonds. The van der Waals surface area contributed by atoms with E-state index in [2.05, 4.69) is 4.98 Å². The summed E-state index contributed by atoms with van der Waals surface area (Å²) in [7, 11) is 0. The molecular weight excluding hydrogens is 182 g/mol. The Morgan fingerprint density at radius 1 is 1.71 bits per heavy atom. The van der Waals surface area contributed by atoms with Crippen molar-refractivity contribution in [2.75, 3.05) is 0 Å². The first-order valence-electron chi connectivity index (χ1n) is 3.96. The molecule has 0 aliphatic heterocycles. The number of pyridine rings is 1. The van der Waals surface area contributed by atoms with E-state index in [0.29, 0.717) is 11.1 Å². The van der Waals surface area contributed by atoms with Gasteiger partial charge >= 0.3 is 5.97 Å². The fourth-order valence-corrected chi connectivity index (χ4v) is 1.00. The molecule has 1 heterocycles. The van der Waals surface area contributed by atoms with Crippen molar-refractivity contribution in [2.45, 2.75) is 12.5 Å². The van der Waals surface area contributed by atoms with Crippen LogP contribution in [-0.2, 0) is 11.2 Å². The Morgan fingerprint density at radius 2 is 2.43 bits per heavy atom. The number of aromatic nitrogens is 1. The molecule has 1 aromatic heterocycles. The Morgan fingerprint density at radius 3 is 3.00 bits per heavy atom. The summed E-state index contributed by atoms with van der Waals surface area (Å²) in [4.78, 5) is 14.2. The van der Waals surface area contributed by atoms with Gasteiger partial charge in [-0.1, -0.05) is 0 Å². The minimum Gasteiger partial charge on any atom is -0.480 e. The van der Waals surface area contributed by atoms with Gasteiger partial charge in [-0.3, -0.25) is 9.78 Å². The minimum absolute atomic E-state index is 0.178. The van der Waals surface area contributed by atoms with Gasteiger partial charge in [-0.05, 0) is 18.1 Å². The standard InChI is InChI=1S/C9H9N3O2/c10-3-7-1-6(4-12-5-7)2-8(11)9(13)14/h1,4-5,8H,2,11H2,(H,13,14)/t8-/m0/s1. The molecule has 1 rings (SSSR count). The molecule has 0 saturated carbocycles. The Labute approximate surface area is 80.8 Å². The Kier molecular flexibility index (Phi) is 3.15. The van der Waals surface area contributed by atoms with Gasteiger partial charge in [0.2, 0.25) is 0 Å². The van der Waals surface area contributed by atoms with Crippen molar-refractivity contribution < 1.29 is 9.90 Å². The van der Waals surface area contributed by atoms with Gasteiger partial charge in [-0.2, -0.15) is 5.26 Å². The predicted molar refractivity (Wildman–Crippen MR) is 48.3 cm³/mol. The summed E-state index contributed by atoms with van der Waals surface area (Å²) in [5.74, 6) is -1.06. The van der Waals surface area contributed by atoms with E-state index in [0.717, 1.165) is 0 Å². The normalized spacial score (nSPS) is 11.7. The van der Waals surface area contributed by atoms with Crippen molar-refractivity contribution in [2.24, 2.45) is 5.73 Å². The number of nitrogens with zero attached hydrogens (tertiary/aromatic N) is 2. The lowest BCUT2D eigenvalue weighted by atomic mass is 10.1. The number of nitrogens with two attached hydrogens (primary N) is 1. The van der Waals surface area contributed by atoms with Crippen LogP contribution in [0.5, 0.6) is 0 Å². The molecule has 5 heteroatoms. The highest BCUT2D eigenvalue weighted by atomic mass is 16.4. The zero-order valence-electron chi connectivity index (χ0n) is 7.34. The second-order valence-electron chi connectivity index (χ2n) is 2.84. The average Bonchev–Trinajstić information content (AvgIpc) is 2.18. The van der Waals surface area contributed by atoms with E-state index in [1.165, 1.54) is 12.4 Å². The molecule has 0 saturated heterocycles. The van der Waals surface area contributed by atoms with E-state index in [-0.39, 0.29) is 6.42 Å². The lowest BCUT2D eigenvalue weighted by Gasteiger charge is -2.05. The molecule has 0 fully saturated rings. The third-order valence-electron chi connectivity index (χ3n) is 1.70. The number of carboxylic acid groups (broad SMARTS) is 1. The summed E-state index contributed by atoms with van der Waals surface area (Å²) in [6.07, 6.45) is 3.09. The smallest absolute Gasteiger partial charge is 0.320 e. The van der Waals surface area contributed by atoms with Crippen molar-refractivity contribution in [3.8, 4) is 6.07 Å². The molecule has 1 aromatic rings. The number of aliphatic carboxylic acids is 1. The predicted octanol–water partition coefficient (Wildman–Crippen LogP) is -0.0923. The zero-order chi connectivity index (χ0) is 10.6. The second kappa shape index (κ2) is 4.35. The average molecular weight is 191 g/mol. The summed E-state index contributed by atoms with van der Waals surface area (Å²) < 4.78 is 0. The molecule has 0 unspecified atom stereocenters. The fourth-order valence-electron chi connectivity index (χ4n) is 1.00. The van der Waals surface area contributed by atoms with Gasteiger partial charge in [0.25, 0.3) is 0 Å². The zero-order valence-corrected chi connectivity index (χ0v) is 7.34. The van der Waals surface area contributed by atoms with Crippen LogP contribution >= 0.6 is 0 Å². The molecule has 14 heavy (non-hydrogen) atoms. The van der Waals surface area contributed by atoms with Crippen LogP contribution in [0.2, 0.25) is 0 Å². The maximum atomic E-state index is 10.4. The number of rotatable bonds is 3. The van der Waals surface area contributed by atoms with Crippen LogP contribution in [0, 0.1) is 11.3 Å². The van der Waals surface area contributed by atoms with Crippen molar-refractivity contribution in [3.63, 3.8) is 0 Å². The second-order valence-corrected chi connectivity index (χ2v) is 2.84. The number of hydrogen-bond donors (Lipinski definition) is 2. The van der Waals surface area contributed by atoms with Crippen LogP contribution in [0.1, 0.15) is 11.1 Å². The third-order valence-corrected chi connectivity index (χ3v) is 1.70. The Balaban J connectivity index is 2.78. The molecule has 0 bridgehead atoms. The van der Waals surface area contributed by atoms with Crippen molar-refractivity contribution in [1.82, 2.24) is 4.98 Å². The number of carbonyl (C=O) groups is 1. The quantitative estimate of drug-likeness (QED) is 0.695. The summed E-state index contributed by atoms with van der Waals surface area (Å²) in [6.45, 7) is 0. The van der Waals surface area contributed by atoms with Crippen molar-refractivity contribution in [1.29, 1.82) is 5.26 Å². The maximum Gasteiger partial charge on any atom is 0.320 e. The Bertz CT molecular complexity index is 384. The lowest BCUT2D eigenvalue weighted by Crippen LogP contribution is -2.32. The van der Waals surface area contributed by atoms with E-state index >= 15 is 0 Å².